The van der Waals surface area contributed by atoms with Gasteiger partial charge >= 0.3 is 0 Å². The maximum Gasteiger partial charge on any atom is 0.132 e. The summed E-state index contributed by atoms with van der Waals surface area (Å²) >= 11 is 1.82. The molecule has 0 saturated carbocycles. The topological polar surface area (TPSA) is 63.8 Å². The lowest BCUT2D eigenvalue weighted by Crippen LogP contribution is -2.03. The molecule has 90 valence electrons. The quantitative estimate of drug-likeness (QED) is 0.873. The molecule has 5 heteroatoms. The molecule has 17 heavy (non-hydrogen) atoms. The average molecular weight is 248 g/mol. The number of hydrogen-bond acceptors (Lipinski definition) is 5. The van der Waals surface area contributed by atoms with Gasteiger partial charge in [0.1, 0.15) is 17.5 Å². The van der Waals surface area contributed by atoms with Crippen molar-refractivity contribution >= 4 is 23.0 Å². The second kappa shape index (κ2) is 5.14. The molecule has 0 aromatic carbocycles. The number of nitrogens with one attached hydrogen (secondary N) is 1. The molecule has 0 aliphatic rings. The Balaban J connectivity index is 2.01. The molecule has 0 atom stereocenters. The molecule has 0 amide bonds. The Morgan fingerprint density at radius 1 is 1.29 bits per heavy atom. The van der Waals surface area contributed by atoms with Crippen LogP contribution in [0.1, 0.15) is 22.5 Å². The number of nitrogen functional groups attached to an aromatic ring is 1. The lowest BCUT2D eigenvalue weighted by atomic mass is 10.3. The van der Waals surface area contributed by atoms with E-state index >= 15 is 0 Å². The molecule has 0 fully saturated rings. The zero-order valence-corrected chi connectivity index (χ0v) is 10.8. The number of aryl methyl sites for hydroxylation is 2. The van der Waals surface area contributed by atoms with Gasteiger partial charge < -0.3 is 11.1 Å². The van der Waals surface area contributed by atoms with E-state index in [-0.39, 0.29) is 0 Å². The Morgan fingerprint density at radius 3 is 2.71 bits per heavy atom. The molecule has 2 rings (SSSR count). The smallest absolute Gasteiger partial charge is 0.132 e. The maximum atomic E-state index is 5.67. The van der Waals surface area contributed by atoms with Crippen molar-refractivity contribution in [3.8, 4) is 0 Å². The summed E-state index contributed by atoms with van der Waals surface area (Å²) in [6.45, 7) is 4.78. The minimum Gasteiger partial charge on any atom is -0.384 e. The van der Waals surface area contributed by atoms with Crippen molar-refractivity contribution in [2.75, 3.05) is 11.1 Å². The molecule has 0 saturated heterocycles. The van der Waals surface area contributed by atoms with Gasteiger partial charge in [-0.15, -0.1) is 11.3 Å². The fourth-order valence-corrected chi connectivity index (χ4v) is 2.46. The fraction of sp³-hybridized carbons (Fsp3) is 0.333. The van der Waals surface area contributed by atoms with Gasteiger partial charge in [-0.2, -0.15) is 0 Å². The van der Waals surface area contributed by atoms with Crippen molar-refractivity contribution in [1.29, 1.82) is 0 Å². The summed E-state index contributed by atoms with van der Waals surface area (Å²) in [6.07, 6.45) is 1.09. The van der Waals surface area contributed by atoms with E-state index in [1.807, 2.05) is 18.3 Å². The van der Waals surface area contributed by atoms with Crippen molar-refractivity contribution in [3.63, 3.8) is 0 Å². The molecule has 0 radical (unpaired) electrons. The summed E-state index contributed by atoms with van der Waals surface area (Å²) in [6, 6.07) is 6.07. The second-order valence-corrected chi connectivity index (χ2v) is 5.05. The van der Waals surface area contributed by atoms with E-state index in [0.717, 1.165) is 18.8 Å². The Bertz CT molecular complexity index is 487. The lowest BCUT2D eigenvalue weighted by molar-refractivity contribution is 1.04. The maximum absolute atomic E-state index is 5.67. The van der Waals surface area contributed by atoms with Crippen molar-refractivity contribution in [1.82, 2.24) is 9.97 Å². The third-order valence-corrected chi connectivity index (χ3v) is 3.60. The van der Waals surface area contributed by atoms with Crippen LogP contribution in [-0.4, -0.2) is 9.97 Å². The van der Waals surface area contributed by atoms with E-state index in [4.69, 9.17) is 5.73 Å². The van der Waals surface area contributed by atoms with Crippen LogP contribution in [0.25, 0.3) is 0 Å². The monoisotopic (exact) mass is 248 g/mol. The molecule has 0 unspecified atom stereocenters. The molecule has 2 aromatic heterocycles. The first-order valence-corrected chi connectivity index (χ1v) is 6.41. The van der Waals surface area contributed by atoms with Crippen LogP contribution in [0.3, 0.4) is 0 Å². The van der Waals surface area contributed by atoms with Crippen LogP contribution < -0.4 is 11.1 Å². The first-order chi connectivity index (χ1) is 8.17. The molecule has 0 spiro atoms. The van der Waals surface area contributed by atoms with Gasteiger partial charge in [0.25, 0.3) is 0 Å². The summed E-state index contributed by atoms with van der Waals surface area (Å²) in [5.74, 6) is 1.97. The van der Waals surface area contributed by atoms with E-state index in [2.05, 4.69) is 34.3 Å². The fourth-order valence-electron chi connectivity index (χ4n) is 1.57. The number of aromatic nitrogens is 2. The van der Waals surface area contributed by atoms with Crippen molar-refractivity contribution in [2.24, 2.45) is 0 Å². The molecule has 0 bridgehead atoms. The number of thiophene rings is 1. The number of nitrogens with two attached hydrogens (primary N) is 1. The third kappa shape index (κ3) is 3.17. The standard InChI is InChI=1S/C12H16N4S/c1-3-9-4-5-10(17-9)7-14-12-6-11(13)15-8(2)16-12/h4-6H,3,7H2,1-2H3,(H3,13,14,15,16). The van der Waals surface area contributed by atoms with E-state index in [1.165, 1.54) is 9.75 Å². The highest BCUT2D eigenvalue weighted by Crippen LogP contribution is 2.18. The predicted molar refractivity (Wildman–Crippen MR) is 72.2 cm³/mol. The Labute approximate surface area is 105 Å². The normalized spacial score (nSPS) is 10.5. The average Bonchev–Trinajstić information content (AvgIpc) is 2.73. The summed E-state index contributed by atoms with van der Waals surface area (Å²) in [7, 11) is 0. The van der Waals surface area contributed by atoms with Gasteiger partial charge in [0.15, 0.2) is 0 Å². The minimum absolute atomic E-state index is 0.500. The van der Waals surface area contributed by atoms with E-state index in [9.17, 15) is 0 Å². The van der Waals surface area contributed by atoms with E-state index in [1.54, 1.807) is 6.07 Å². The number of anilines is 2. The van der Waals surface area contributed by atoms with Gasteiger partial charge in [-0.3, -0.25) is 0 Å². The molecular weight excluding hydrogens is 232 g/mol. The summed E-state index contributed by atoms with van der Waals surface area (Å²) in [5, 5.41) is 3.26. The van der Waals surface area contributed by atoms with Gasteiger partial charge in [0, 0.05) is 15.8 Å². The Hall–Kier alpha value is -1.62. The molecule has 3 N–H and O–H groups in total. The summed E-state index contributed by atoms with van der Waals surface area (Å²) in [4.78, 5) is 11.0. The zero-order valence-electron chi connectivity index (χ0n) is 10.0. The number of nitrogens with zero attached hydrogens (tertiary/aromatic N) is 2. The van der Waals surface area contributed by atoms with Crippen molar-refractivity contribution in [2.45, 2.75) is 26.8 Å². The van der Waals surface area contributed by atoms with Gasteiger partial charge in [-0.1, -0.05) is 6.92 Å². The van der Waals surface area contributed by atoms with E-state index < -0.39 is 0 Å². The summed E-state index contributed by atoms with van der Waals surface area (Å²) in [5.41, 5.74) is 5.67. The molecule has 0 aliphatic carbocycles. The highest BCUT2D eigenvalue weighted by Gasteiger charge is 2.01. The van der Waals surface area contributed by atoms with Gasteiger partial charge in [0.05, 0.1) is 6.54 Å². The summed E-state index contributed by atoms with van der Waals surface area (Å²) < 4.78 is 0. The molecular formula is C12H16N4S. The predicted octanol–water partition coefficient (Wildman–Crippen LogP) is 2.60. The second-order valence-electron chi connectivity index (χ2n) is 3.80. The van der Waals surface area contributed by atoms with Crippen LogP contribution in [0.2, 0.25) is 0 Å². The van der Waals surface area contributed by atoms with Crippen molar-refractivity contribution in [3.05, 3.63) is 33.8 Å². The number of hydrogen-bond donors (Lipinski definition) is 2. The molecule has 2 aromatic rings. The lowest BCUT2D eigenvalue weighted by Gasteiger charge is -2.05. The molecule has 2 heterocycles. The van der Waals surface area contributed by atoms with Gasteiger partial charge in [-0.25, -0.2) is 9.97 Å². The Morgan fingerprint density at radius 2 is 2.06 bits per heavy atom. The minimum atomic E-state index is 0.500. The van der Waals surface area contributed by atoms with Gasteiger partial charge in [-0.05, 0) is 25.5 Å². The van der Waals surface area contributed by atoms with Crippen LogP contribution >= 0.6 is 11.3 Å². The largest absolute Gasteiger partial charge is 0.384 e. The van der Waals surface area contributed by atoms with E-state index in [0.29, 0.717) is 11.6 Å². The van der Waals surface area contributed by atoms with Crippen LogP contribution in [0, 0.1) is 6.92 Å². The number of rotatable bonds is 4. The molecule has 0 aliphatic heterocycles. The highest BCUT2D eigenvalue weighted by molar-refractivity contribution is 7.12. The van der Waals surface area contributed by atoms with Crippen molar-refractivity contribution < 1.29 is 0 Å². The third-order valence-electron chi connectivity index (χ3n) is 2.37. The first kappa shape index (κ1) is 11.9. The SMILES string of the molecule is CCc1ccc(CNc2cc(N)nc(C)n2)s1. The van der Waals surface area contributed by atoms with Crippen LogP contribution in [0.5, 0.6) is 0 Å². The van der Waals surface area contributed by atoms with Gasteiger partial charge in [0.2, 0.25) is 0 Å². The molecule has 4 nitrogen and oxygen atoms in total. The first-order valence-electron chi connectivity index (χ1n) is 5.60. The zero-order chi connectivity index (χ0) is 12.3. The van der Waals surface area contributed by atoms with Crippen LogP contribution in [-0.2, 0) is 13.0 Å². The highest BCUT2D eigenvalue weighted by atomic mass is 32.1. The van der Waals surface area contributed by atoms with Crippen LogP contribution in [0.4, 0.5) is 11.6 Å². The Kier molecular flexibility index (Phi) is 3.58. The van der Waals surface area contributed by atoms with Crippen LogP contribution in [0.15, 0.2) is 18.2 Å².